The number of carbonyl (C=O) groups is 1. The van der Waals surface area contributed by atoms with Crippen LogP contribution in [-0.4, -0.2) is 42.6 Å². The number of ether oxygens (including phenoxy) is 1. The minimum atomic E-state index is 0.0955. The van der Waals surface area contributed by atoms with Crippen molar-refractivity contribution in [2.24, 2.45) is 29.4 Å². The number of hydrogen-bond acceptors (Lipinski definition) is 3. The molecule has 1 amide bonds. The van der Waals surface area contributed by atoms with Gasteiger partial charge in [-0.1, -0.05) is 13.8 Å². The third-order valence-corrected chi connectivity index (χ3v) is 5.77. The molecule has 1 aliphatic heterocycles. The summed E-state index contributed by atoms with van der Waals surface area (Å²) in [5, 5.41) is 0. The average molecular weight is 294 g/mol. The lowest BCUT2D eigenvalue weighted by Crippen LogP contribution is -2.46. The molecule has 0 aromatic heterocycles. The molecule has 0 aromatic carbocycles. The van der Waals surface area contributed by atoms with E-state index in [1.807, 2.05) is 4.90 Å². The van der Waals surface area contributed by atoms with Gasteiger partial charge >= 0.3 is 0 Å². The van der Waals surface area contributed by atoms with Crippen molar-refractivity contribution in [2.45, 2.75) is 58.1 Å². The van der Waals surface area contributed by atoms with Crippen LogP contribution >= 0.6 is 0 Å². The van der Waals surface area contributed by atoms with Crippen molar-refractivity contribution >= 4 is 5.91 Å². The minimum Gasteiger partial charge on any atom is -0.376 e. The second-order valence-electron chi connectivity index (χ2n) is 7.68. The fraction of sp³-hybridized carbons (Fsp3) is 0.941. The highest BCUT2D eigenvalue weighted by Gasteiger charge is 2.50. The zero-order valence-electron chi connectivity index (χ0n) is 13.5. The Hall–Kier alpha value is -0.610. The van der Waals surface area contributed by atoms with Crippen LogP contribution in [0.15, 0.2) is 0 Å². The molecule has 1 heterocycles. The van der Waals surface area contributed by atoms with Crippen LogP contribution < -0.4 is 5.73 Å². The number of fused-ring (bicyclic) bond motifs is 2. The van der Waals surface area contributed by atoms with Crippen molar-refractivity contribution in [3.8, 4) is 0 Å². The smallest absolute Gasteiger partial charge is 0.227 e. The first-order valence-electron chi connectivity index (χ1n) is 8.72. The molecule has 3 rings (SSSR count). The fourth-order valence-electron chi connectivity index (χ4n) is 4.45. The van der Waals surface area contributed by atoms with Crippen LogP contribution in [0.5, 0.6) is 0 Å². The molecule has 3 aliphatic rings. The van der Waals surface area contributed by atoms with Crippen LogP contribution in [0.4, 0.5) is 0 Å². The van der Waals surface area contributed by atoms with E-state index in [-0.39, 0.29) is 18.1 Å². The lowest BCUT2D eigenvalue weighted by molar-refractivity contribution is -0.137. The Morgan fingerprint density at radius 1 is 1.29 bits per heavy atom. The van der Waals surface area contributed by atoms with E-state index in [1.54, 1.807) is 0 Å². The third kappa shape index (κ3) is 3.11. The van der Waals surface area contributed by atoms with E-state index in [9.17, 15) is 4.79 Å². The summed E-state index contributed by atoms with van der Waals surface area (Å²) in [6, 6.07) is 0.108. The van der Waals surface area contributed by atoms with Crippen LogP contribution in [0.3, 0.4) is 0 Å². The molecule has 4 heteroatoms. The van der Waals surface area contributed by atoms with Crippen molar-refractivity contribution in [3.63, 3.8) is 0 Å². The quantitative estimate of drug-likeness (QED) is 0.844. The summed E-state index contributed by atoms with van der Waals surface area (Å²) in [6.07, 6.45) is 5.94. The summed E-state index contributed by atoms with van der Waals surface area (Å²) >= 11 is 0. The molecule has 3 fully saturated rings. The van der Waals surface area contributed by atoms with E-state index in [2.05, 4.69) is 13.8 Å². The second kappa shape index (κ2) is 6.25. The van der Waals surface area contributed by atoms with Crippen molar-refractivity contribution in [2.75, 3.05) is 19.7 Å². The highest BCUT2D eigenvalue weighted by atomic mass is 16.5. The maximum Gasteiger partial charge on any atom is 0.227 e. The van der Waals surface area contributed by atoms with Crippen LogP contribution in [0.25, 0.3) is 0 Å². The molecule has 2 aliphatic carbocycles. The van der Waals surface area contributed by atoms with Crippen LogP contribution in [0.2, 0.25) is 0 Å². The van der Waals surface area contributed by atoms with Gasteiger partial charge in [0.15, 0.2) is 0 Å². The van der Waals surface area contributed by atoms with Gasteiger partial charge in [0.2, 0.25) is 5.91 Å². The van der Waals surface area contributed by atoms with Crippen LogP contribution in [-0.2, 0) is 9.53 Å². The molecule has 0 radical (unpaired) electrons. The summed E-state index contributed by atoms with van der Waals surface area (Å²) < 4.78 is 5.92. The Morgan fingerprint density at radius 3 is 2.71 bits per heavy atom. The van der Waals surface area contributed by atoms with Crippen LogP contribution in [0, 0.1) is 23.7 Å². The van der Waals surface area contributed by atoms with E-state index < -0.39 is 0 Å². The molecule has 0 spiro atoms. The molecule has 5 unspecified atom stereocenters. The molecular weight excluding hydrogens is 264 g/mol. The summed E-state index contributed by atoms with van der Waals surface area (Å²) in [4.78, 5) is 14.8. The number of nitrogens with two attached hydrogens (primary N) is 1. The molecule has 5 atom stereocenters. The van der Waals surface area contributed by atoms with Gasteiger partial charge in [-0.3, -0.25) is 4.79 Å². The summed E-state index contributed by atoms with van der Waals surface area (Å²) in [6.45, 7) is 6.87. The molecule has 1 saturated heterocycles. The van der Waals surface area contributed by atoms with Gasteiger partial charge in [-0.15, -0.1) is 0 Å². The largest absolute Gasteiger partial charge is 0.376 e. The van der Waals surface area contributed by atoms with E-state index in [0.717, 1.165) is 32.5 Å². The first-order valence-corrected chi connectivity index (χ1v) is 8.72. The molecule has 21 heavy (non-hydrogen) atoms. The number of amides is 1. The number of hydrogen-bond donors (Lipinski definition) is 1. The Bertz CT molecular complexity index is 383. The zero-order chi connectivity index (χ0) is 15.0. The number of rotatable bonds is 5. The van der Waals surface area contributed by atoms with Gasteiger partial charge in [0.1, 0.15) is 0 Å². The van der Waals surface area contributed by atoms with Crippen molar-refractivity contribution < 1.29 is 9.53 Å². The van der Waals surface area contributed by atoms with Gasteiger partial charge in [-0.2, -0.15) is 0 Å². The zero-order valence-corrected chi connectivity index (χ0v) is 13.5. The Morgan fingerprint density at radius 2 is 2.05 bits per heavy atom. The lowest BCUT2D eigenvalue weighted by Gasteiger charge is -2.30. The van der Waals surface area contributed by atoms with E-state index in [0.29, 0.717) is 23.7 Å². The maximum atomic E-state index is 12.8. The topological polar surface area (TPSA) is 55.6 Å². The van der Waals surface area contributed by atoms with Gasteiger partial charge in [0.05, 0.1) is 12.0 Å². The van der Waals surface area contributed by atoms with Gasteiger partial charge in [-0.25, -0.2) is 0 Å². The highest BCUT2D eigenvalue weighted by Crippen LogP contribution is 2.48. The molecular formula is C17H30N2O2. The van der Waals surface area contributed by atoms with Gasteiger partial charge in [-0.05, 0) is 49.9 Å². The van der Waals surface area contributed by atoms with E-state index >= 15 is 0 Å². The van der Waals surface area contributed by atoms with Gasteiger partial charge in [0, 0.05) is 25.7 Å². The summed E-state index contributed by atoms with van der Waals surface area (Å²) in [5.41, 5.74) is 6.30. The summed E-state index contributed by atoms with van der Waals surface area (Å²) in [5.74, 6) is 2.24. The maximum absolute atomic E-state index is 12.8. The molecule has 2 saturated carbocycles. The minimum absolute atomic E-state index is 0.0955. The molecule has 120 valence electrons. The summed E-state index contributed by atoms with van der Waals surface area (Å²) in [7, 11) is 0. The first kappa shape index (κ1) is 15.3. The van der Waals surface area contributed by atoms with Crippen molar-refractivity contribution in [1.82, 2.24) is 4.90 Å². The Labute approximate surface area is 128 Å². The standard InChI is InChI=1S/C17H30N2O2/c1-11(2)6-8-21-14-5-7-19(10-14)17(20)15-12-3-4-13(9-12)16(15)18/h11-16H,3-10,18H2,1-2H3. The molecule has 0 aromatic rings. The Balaban J connectivity index is 1.48. The van der Waals surface area contributed by atoms with Crippen molar-refractivity contribution in [3.05, 3.63) is 0 Å². The first-order chi connectivity index (χ1) is 10.1. The van der Waals surface area contributed by atoms with Crippen LogP contribution in [0.1, 0.15) is 46.0 Å². The highest BCUT2D eigenvalue weighted by molar-refractivity contribution is 5.81. The van der Waals surface area contributed by atoms with Crippen molar-refractivity contribution in [1.29, 1.82) is 0 Å². The number of carbonyl (C=O) groups excluding carboxylic acids is 1. The predicted molar refractivity (Wildman–Crippen MR) is 82.7 cm³/mol. The second-order valence-corrected chi connectivity index (χ2v) is 7.68. The Kier molecular flexibility index (Phi) is 4.55. The number of nitrogens with zero attached hydrogens (tertiary/aromatic N) is 1. The third-order valence-electron chi connectivity index (χ3n) is 5.77. The number of likely N-dealkylation sites (tertiary alicyclic amines) is 1. The fourth-order valence-corrected chi connectivity index (χ4v) is 4.45. The average Bonchev–Trinajstić information content (AvgIpc) is 3.12. The van der Waals surface area contributed by atoms with E-state index in [1.165, 1.54) is 19.3 Å². The normalized spacial score (nSPS) is 38.7. The van der Waals surface area contributed by atoms with Gasteiger partial charge < -0.3 is 15.4 Å². The monoisotopic (exact) mass is 294 g/mol. The SMILES string of the molecule is CC(C)CCOC1CCN(C(=O)C2C3CCC(C3)C2N)C1. The predicted octanol–water partition coefficient (Wildman–Crippen LogP) is 2.02. The lowest BCUT2D eigenvalue weighted by atomic mass is 9.84. The molecule has 2 bridgehead atoms. The van der Waals surface area contributed by atoms with Gasteiger partial charge in [0.25, 0.3) is 0 Å². The molecule has 2 N–H and O–H groups in total. The van der Waals surface area contributed by atoms with E-state index in [4.69, 9.17) is 10.5 Å². The molecule has 4 nitrogen and oxygen atoms in total.